The molecule has 1 N–H and O–H groups in total. The predicted molar refractivity (Wildman–Crippen MR) is 126 cm³/mol. The molecule has 2 aromatic carbocycles. The highest BCUT2D eigenvalue weighted by atomic mass is 32.2. The van der Waals surface area contributed by atoms with Crippen LogP contribution in [0.15, 0.2) is 47.4 Å². The van der Waals surface area contributed by atoms with Gasteiger partial charge in [-0.2, -0.15) is 0 Å². The third-order valence-electron chi connectivity index (χ3n) is 4.66. The minimum absolute atomic E-state index is 0.177. The molecule has 3 rings (SSSR count). The van der Waals surface area contributed by atoms with Gasteiger partial charge in [0.05, 0.1) is 11.5 Å². The second kappa shape index (κ2) is 10.9. The Bertz CT molecular complexity index is 1050. The van der Waals surface area contributed by atoms with Crippen molar-refractivity contribution in [2.45, 2.75) is 27.2 Å². The van der Waals surface area contributed by atoms with Gasteiger partial charge in [-0.25, -0.2) is 0 Å². The molecule has 168 valence electrons. The lowest BCUT2D eigenvalue weighted by Gasteiger charge is -2.13. The van der Waals surface area contributed by atoms with Crippen LogP contribution in [0, 0.1) is 6.92 Å². The number of hydrogen-bond acceptors (Lipinski definition) is 6. The highest BCUT2D eigenvalue weighted by Gasteiger charge is 2.34. The van der Waals surface area contributed by atoms with Gasteiger partial charge < -0.3 is 14.8 Å². The summed E-state index contributed by atoms with van der Waals surface area (Å²) in [6, 6.07) is 12.7. The number of aryl methyl sites for hydroxylation is 1. The number of benzene rings is 2. The molecule has 0 aromatic heterocycles. The molecule has 1 heterocycles. The zero-order valence-corrected chi connectivity index (χ0v) is 19.2. The fourth-order valence-electron chi connectivity index (χ4n) is 3.11. The third-order valence-corrected chi connectivity index (χ3v) is 5.57. The van der Waals surface area contributed by atoms with Crippen LogP contribution in [0.4, 0.5) is 10.5 Å². The summed E-state index contributed by atoms with van der Waals surface area (Å²) in [5.41, 5.74) is 2.40. The topological polar surface area (TPSA) is 84.9 Å². The van der Waals surface area contributed by atoms with E-state index < -0.39 is 0 Å². The first-order chi connectivity index (χ1) is 15.4. The minimum Gasteiger partial charge on any atom is -0.490 e. The second-order valence-corrected chi connectivity index (χ2v) is 8.12. The monoisotopic (exact) mass is 454 g/mol. The Kier molecular flexibility index (Phi) is 7.94. The summed E-state index contributed by atoms with van der Waals surface area (Å²) in [6.07, 6.45) is 2.38. The standard InChI is InChI=1S/C24H26N2O5S/c1-4-12-26-23(28)21(32-24(26)29)14-17-10-11-19(20(13-17)30-5-2)31-15-22(27)25-18-9-7-6-8-16(18)3/h6-11,13-14H,4-5,12,15H2,1-3H3,(H,25,27)/b21-14-. The van der Waals surface area contributed by atoms with Crippen molar-refractivity contribution in [3.63, 3.8) is 0 Å². The number of carbonyl (C=O) groups excluding carboxylic acids is 3. The summed E-state index contributed by atoms with van der Waals surface area (Å²) in [5.74, 6) is 0.309. The molecule has 0 bridgehead atoms. The molecular formula is C24H26N2O5S. The number of nitrogens with zero attached hydrogens (tertiary/aromatic N) is 1. The molecule has 0 atom stereocenters. The normalized spacial score (nSPS) is 14.7. The predicted octanol–water partition coefficient (Wildman–Crippen LogP) is 4.86. The highest BCUT2D eigenvalue weighted by Crippen LogP contribution is 2.34. The lowest BCUT2D eigenvalue weighted by molar-refractivity contribution is -0.122. The van der Waals surface area contributed by atoms with Crippen LogP contribution < -0.4 is 14.8 Å². The molecule has 0 spiro atoms. The summed E-state index contributed by atoms with van der Waals surface area (Å²) >= 11 is 0.930. The molecule has 3 amide bonds. The number of ether oxygens (including phenoxy) is 2. The molecule has 2 aromatic rings. The van der Waals surface area contributed by atoms with Crippen molar-refractivity contribution in [3.05, 3.63) is 58.5 Å². The number of rotatable bonds is 9. The number of nitrogens with one attached hydrogen (secondary N) is 1. The van der Waals surface area contributed by atoms with Crippen LogP contribution in [-0.2, 0) is 9.59 Å². The Morgan fingerprint density at radius 1 is 1.09 bits per heavy atom. The lowest BCUT2D eigenvalue weighted by atomic mass is 10.2. The molecule has 1 aliphatic rings. The molecule has 8 heteroatoms. The van der Waals surface area contributed by atoms with Crippen LogP contribution in [-0.4, -0.2) is 41.7 Å². The Labute approximate surface area is 191 Å². The Balaban J connectivity index is 1.71. The summed E-state index contributed by atoms with van der Waals surface area (Å²) in [5, 5.41) is 2.57. The first kappa shape index (κ1) is 23.4. The van der Waals surface area contributed by atoms with E-state index in [2.05, 4.69) is 5.32 Å². The molecule has 1 aliphatic heterocycles. The van der Waals surface area contributed by atoms with Crippen LogP contribution >= 0.6 is 11.8 Å². The molecule has 32 heavy (non-hydrogen) atoms. The van der Waals surface area contributed by atoms with Crippen molar-refractivity contribution in [1.29, 1.82) is 0 Å². The molecule has 0 unspecified atom stereocenters. The van der Waals surface area contributed by atoms with E-state index in [0.29, 0.717) is 41.5 Å². The maximum atomic E-state index is 12.5. The van der Waals surface area contributed by atoms with E-state index in [1.165, 1.54) is 4.90 Å². The molecule has 1 saturated heterocycles. The summed E-state index contributed by atoms with van der Waals surface area (Å²) in [6.45, 7) is 6.31. The van der Waals surface area contributed by atoms with Gasteiger partial charge >= 0.3 is 0 Å². The average molecular weight is 455 g/mol. The largest absolute Gasteiger partial charge is 0.490 e. The number of thioether (sulfide) groups is 1. The SMILES string of the molecule is CCCN1C(=O)S/C(=C\c2ccc(OCC(=O)Nc3ccccc3C)c(OCC)c2)C1=O. The number of hydrogen-bond donors (Lipinski definition) is 1. The maximum absolute atomic E-state index is 12.5. The number of imide groups is 1. The Morgan fingerprint density at radius 3 is 2.59 bits per heavy atom. The van der Waals surface area contributed by atoms with Gasteiger partial charge in [0.2, 0.25) is 0 Å². The summed E-state index contributed by atoms with van der Waals surface area (Å²) < 4.78 is 11.3. The first-order valence-corrected chi connectivity index (χ1v) is 11.2. The van der Waals surface area contributed by atoms with E-state index in [-0.39, 0.29) is 23.7 Å². The minimum atomic E-state index is -0.284. The number of anilines is 1. The molecule has 0 saturated carbocycles. The van der Waals surface area contributed by atoms with E-state index in [1.807, 2.05) is 45.0 Å². The van der Waals surface area contributed by atoms with Crippen LogP contribution in [0.3, 0.4) is 0 Å². The fourth-order valence-corrected chi connectivity index (χ4v) is 3.98. The lowest BCUT2D eigenvalue weighted by Crippen LogP contribution is -2.28. The van der Waals surface area contributed by atoms with Gasteiger partial charge in [-0.1, -0.05) is 31.2 Å². The van der Waals surface area contributed by atoms with Gasteiger partial charge in [-0.15, -0.1) is 0 Å². The summed E-state index contributed by atoms with van der Waals surface area (Å²) in [4.78, 5) is 38.4. The first-order valence-electron chi connectivity index (χ1n) is 10.4. The number of para-hydroxylation sites is 1. The van der Waals surface area contributed by atoms with Gasteiger partial charge in [0.25, 0.3) is 17.1 Å². The fraction of sp³-hybridized carbons (Fsp3) is 0.292. The maximum Gasteiger partial charge on any atom is 0.293 e. The van der Waals surface area contributed by atoms with Crippen molar-refractivity contribution in [1.82, 2.24) is 4.90 Å². The van der Waals surface area contributed by atoms with Gasteiger partial charge in [-0.3, -0.25) is 19.3 Å². The van der Waals surface area contributed by atoms with E-state index in [0.717, 1.165) is 23.0 Å². The van der Waals surface area contributed by atoms with Crippen molar-refractivity contribution in [2.24, 2.45) is 0 Å². The smallest absolute Gasteiger partial charge is 0.293 e. The molecule has 0 radical (unpaired) electrons. The summed E-state index contributed by atoms with van der Waals surface area (Å²) in [7, 11) is 0. The molecular weight excluding hydrogens is 428 g/mol. The van der Waals surface area contributed by atoms with Gasteiger partial charge in [-0.05, 0) is 67.4 Å². The van der Waals surface area contributed by atoms with E-state index in [9.17, 15) is 14.4 Å². The van der Waals surface area contributed by atoms with Crippen molar-refractivity contribution >= 4 is 40.6 Å². The Morgan fingerprint density at radius 2 is 1.88 bits per heavy atom. The van der Waals surface area contributed by atoms with Crippen LogP contribution in [0.25, 0.3) is 6.08 Å². The van der Waals surface area contributed by atoms with Crippen molar-refractivity contribution in [3.8, 4) is 11.5 Å². The quantitative estimate of drug-likeness (QED) is 0.545. The third kappa shape index (κ3) is 5.70. The molecule has 1 fully saturated rings. The van der Waals surface area contributed by atoms with Crippen molar-refractivity contribution < 1.29 is 23.9 Å². The van der Waals surface area contributed by atoms with E-state index >= 15 is 0 Å². The van der Waals surface area contributed by atoms with E-state index in [1.54, 1.807) is 24.3 Å². The zero-order valence-electron chi connectivity index (χ0n) is 18.3. The van der Waals surface area contributed by atoms with Gasteiger partial charge in [0.15, 0.2) is 18.1 Å². The van der Waals surface area contributed by atoms with E-state index in [4.69, 9.17) is 9.47 Å². The number of amides is 3. The average Bonchev–Trinajstić information content (AvgIpc) is 3.03. The second-order valence-electron chi connectivity index (χ2n) is 7.12. The molecule has 7 nitrogen and oxygen atoms in total. The van der Waals surface area contributed by atoms with Crippen molar-refractivity contribution in [2.75, 3.05) is 25.1 Å². The number of carbonyl (C=O) groups is 3. The van der Waals surface area contributed by atoms with Crippen LogP contribution in [0.2, 0.25) is 0 Å². The zero-order chi connectivity index (χ0) is 23.1. The van der Waals surface area contributed by atoms with Crippen LogP contribution in [0.1, 0.15) is 31.4 Å². The van der Waals surface area contributed by atoms with Gasteiger partial charge in [0.1, 0.15) is 0 Å². The van der Waals surface area contributed by atoms with Gasteiger partial charge in [0, 0.05) is 12.2 Å². The molecule has 0 aliphatic carbocycles. The van der Waals surface area contributed by atoms with Crippen LogP contribution in [0.5, 0.6) is 11.5 Å². The highest BCUT2D eigenvalue weighted by molar-refractivity contribution is 8.18. The Hall–Kier alpha value is -3.26.